The van der Waals surface area contributed by atoms with Gasteiger partial charge in [0.25, 0.3) is 0 Å². The molecule has 1 saturated carbocycles. The number of benzene rings is 1. The Kier molecular flexibility index (Phi) is 6.77. The molecule has 138 valence electrons. The van der Waals surface area contributed by atoms with Gasteiger partial charge in [-0.05, 0) is 75.9 Å². The van der Waals surface area contributed by atoms with E-state index in [0.717, 1.165) is 23.5 Å². The van der Waals surface area contributed by atoms with Crippen LogP contribution in [0.15, 0.2) is 33.7 Å². The van der Waals surface area contributed by atoms with Crippen LogP contribution in [-0.2, 0) is 5.41 Å². The molecule has 1 aromatic rings. The first-order valence-corrected chi connectivity index (χ1v) is 10.4. The van der Waals surface area contributed by atoms with Crippen molar-refractivity contribution in [3.8, 4) is 0 Å². The smallest absolute Gasteiger partial charge is 0.191 e. The minimum absolute atomic E-state index is 0.289. The third kappa shape index (κ3) is 5.45. The fraction of sp³-hybridized carbons (Fsp3) is 0.650. The highest BCUT2D eigenvalue weighted by molar-refractivity contribution is 9.10. The molecule has 0 amide bonds. The molecule has 5 heteroatoms. The monoisotopic (exact) mass is 406 g/mol. The third-order valence-corrected chi connectivity index (χ3v) is 5.99. The summed E-state index contributed by atoms with van der Waals surface area (Å²) >= 11 is 3.59. The maximum atomic E-state index is 4.38. The van der Waals surface area contributed by atoms with Gasteiger partial charge in [-0.3, -0.25) is 4.99 Å². The van der Waals surface area contributed by atoms with E-state index in [1.54, 1.807) is 0 Å². The van der Waals surface area contributed by atoms with E-state index in [1.807, 2.05) is 7.05 Å². The van der Waals surface area contributed by atoms with Crippen molar-refractivity contribution in [3.05, 3.63) is 34.3 Å². The maximum absolute atomic E-state index is 4.38. The second-order valence-electron chi connectivity index (χ2n) is 7.40. The zero-order chi connectivity index (χ0) is 17.5. The van der Waals surface area contributed by atoms with Crippen LogP contribution in [0.25, 0.3) is 0 Å². The minimum Gasteiger partial charge on any atom is -0.356 e. The number of likely N-dealkylation sites (tertiary alicyclic amines) is 1. The summed E-state index contributed by atoms with van der Waals surface area (Å²) in [5, 5.41) is 7.00. The van der Waals surface area contributed by atoms with Gasteiger partial charge in [-0.15, -0.1) is 0 Å². The van der Waals surface area contributed by atoms with Gasteiger partial charge in [-0.1, -0.05) is 28.1 Å². The maximum Gasteiger partial charge on any atom is 0.191 e. The second kappa shape index (κ2) is 9.04. The Bertz CT molecular complexity index is 577. The number of guanidine groups is 1. The van der Waals surface area contributed by atoms with Gasteiger partial charge in [-0.25, -0.2) is 0 Å². The van der Waals surface area contributed by atoms with Crippen LogP contribution in [0.2, 0.25) is 0 Å². The zero-order valence-corrected chi connectivity index (χ0v) is 16.9. The van der Waals surface area contributed by atoms with E-state index >= 15 is 0 Å². The lowest BCUT2D eigenvalue weighted by atomic mass is 9.96. The summed E-state index contributed by atoms with van der Waals surface area (Å²) in [6.45, 7) is 5.80. The van der Waals surface area contributed by atoms with Crippen molar-refractivity contribution in [2.24, 2.45) is 4.99 Å². The molecule has 0 atom stereocenters. The van der Waals surface area contributed by atoms with Gasteiger partial charge in [0.2, 0.25) is 0 Å². The number of halogens is 1. The first-order chi connectivity index (χ1) is 12.2. The summed E-state index contributed by atoms with van der Waals surface area (Å²) in [6, 6.07) is 8.72. The minimum atomic E-state index is 0.289. The van der Waals surface area contributed by atoms with E-state index in [2.05, 4.69) is 60.7 Å². The SMILES string of the molecule is CN=C(NCCCCN1CCCC1)NCC1(c2cccc(Br)c2)CC1. The van der Waals surface area contributed by atoms with Crippen molar-refractivity contribution in [3.63, 3.8) is 0 Å². The average molecular weight is 407 g/mol. The molecule has 1 aliphatic heterocycles. The van der Waals surface area contributed by atoms with E-state index < -0.39 is 0 Å². The van der Waals surface area contributed by atoms with Crippen LogP contribution in [0.1, 0.15) is 44.1 Å². The van der Waals surface area contributed by atoms with Crippen LogP contribution in [-0.4, -0.2) is 50.6 Å². The van der Waals surface area contributed by atoms with Crippen molar-refractivity contribution in [2.45, 2.75) is 43.9 Å². The number of rotatable bonds is 8. The molecule has 0 bridgehead atoms. The van der Waals surface area contributed by atoms with Crippen LogP contribution in [0.3, 0.4) is 0 Å². The molecule has 25 heavy (non-hydrogen) atoms. The summed E-state index contributed by atoms with van der Waals surface area (Å²) in [5.41, 5.74) is 1.72. The molecule has 0 unspecified atom stereocenters. The largest absolute Gasteiger partial charge is 0.356 e. The third-order valence-electron chi connectivity index (χ3n) is 5.50. The Balaban J connectivity index is 1.36. The molecule has 0 radical (unpaired) electrons. The Hall–Kier alpha value is -1.07. The highest BCUT2D eigenvalue weighted by Gasteiger charge is 2.44. The van der Waals surface area contributed by atoms with Crippen molar-refractivity contribution in [2.75, 3.05) is 39.8 Å². The second-order valence-corrected chi connectivity index (χ2v) is 8.31. The van der Waals surface area contributed by atoms with Crippen LogP contribution in [0.5, 0.6) is 0 Å². The highest BCUT2D eigenvalue weighted by Crippen LogP contribution is 2.48. The first kappa shape index (κ1) is 18.7. The zero-order valence-electron chi connectivity index (χ0n) is 15.4. The molecule has 1 heterocycles. The molecule has 3 rings (SSSR count). The fourth-order valence-corrected chi connectivity index (χ4v) is 4.08. The number of aliphatic imine (C=N–C) groups is 1. The van der Waals surface area contributed by atoms with E-state index in [1.165, 1.54) is 63.7 Å². The van der Waals surface area contributed by atoms with Crippen molar-refractivity contribution in [1.82, 2.24) is 15.5 Å². The fourth-order valence-electron chi connectivity index (χ4n) is 3.68. The van der Waals surface area contributed by atoms with Crippen molar-refractivity contribution < 1.29 is 0 Å². The van der Waals surface area contributed by atoms with Crippen molar-refractivity contribution in [1.29, 1.82) is 0 Å². The Morgan fingerprint density at radius 2 is 2.00 bits per heavy atom. The average Bonchev–Trinajstić information content (AvgIpc) is 3.24. The molecule has 2 aliphatic rings. The lowest BCUT2D eigenvalue weighted by Crippen LogP contribution is -2.41. The Morgan fingerprint density at radius 3 is 2.68 bits per heavy atom. The number of unbranched alkanes of at least 4 members (excludes halogenated alkanes) is 1. The standard InChI is InChI=1S/C20H31BrN4/c1-22-19(23-11-2-3-12-25-13-4-5-14-25)24-16-20(9-10-20)17-7-6-8-18(21)15-17/h6-8,15H,2-5,9-14,16H2,1H3,(H2,22,23,24). The molecule has 2 fully saturated rings. The lowest BCUT2D eigenvalue weighted by molar-refractivity contribution is 0.330. The number of hydrogen-bond acceptors (Lipinski definition) is 2. The number of nitrogens with one attached hydrogen (secondary N) is 2. The molecular weight excluding hydrogens is 376 g/mol. The molecule has 1 saturated heterocycles. The van der Waals surface area contributed by atoms with Gasteiger partial charge in [0.15, 0.2) is 5.96 Å². The van der Waals surface area contributed by atoms with Gasteiger partial charge in [-0.2, -0.15) is 0 Å². The topological polar surface area (TPSA) is 39.7 Å². The molecule has 4 nitrogen and oxygen atoms in total. The normalized spacial score (nSPS) is 19.8. The molecule has 1 aromatic carbocycles. The predicted octanol–water partition coefficient (Wildman–Crippen LogP) is 3.52. The van der Waals surface area contributed by atoms with E-state index in [-0.39, 0.29) is 5.41 Å². The summed E-state index contributed by atoms with van der Waals surface area (Å²) in [4.78, 5) is 6.97. The predicted molar refractivity (Wildman–Crippen MR) is 109 cm³/mol. The van der Waals surface area contributed by atoms with Gasteiger partial charge in [0.05, 0.1) is 0 Å². The lowest BCUT2D eigenvalue weighted by Gasteiger charge is -2.19. The molecule has 0 spiro atoms. The van der Waals surface area contributed by atoms with E-state index in [0.29, 0.717) is 0 Å². The van der Waals surface area contributed by atoms with E-state index in [9.17, 15) is 0 Å². The summed E-state index contributed by atoms with van der Waals surface area (Å²) < 4.78 is 1.16. The number of hydrogen-bond donors (Lipinski definition) is 2. The van der Waals surface area contributed by atoms with Crippen LogP contribution < -0.4 is 10.6 Å². The van der Waals surface area contributed by atoms with E-state index in [4.69, 9.17) is 0 Å². The Labute approximate surface area is 160 Å². The Morgan fingerprint density at radius 1 is 1.20 bits per heavy atom. The number of nitrogens with zero attached hydrogens (tertiary/aromatic N) is 2. The van der Waals surface area contributed by atoms with Gasteiger partial charge in [0, 0.05) is 30.0 Å². The van der Waals surface area contributed by atoms with Crippen LogP contribution in [0, 0.1) is 0 Å². The quantitative estimate of drug-likeness (QED) is 0.394. The van der Waals surface area contributed by atoms with Crippen LogP contribution in [0.4, 0.5) is 0 Å². The molecule has 2 N–H and O–H groups in total. The summed E-state index contributed by atoms with van der Waals surface area (Å²) in [6.07, 6.45) is 7.75. The van der Waals surface area contributed by atoms with Gasteiger partial charge in [0.1, 0.15) is 0 Å². The molecular formula is C20H31BrN4. The molecule has 1 aliphatic carbocycles. The first-order valence-electron chi connectivity index (χ1n) is 9.65. The molecule has 0 aromatic heterocycles. The van der Waals surface area contributed by atoms with Crippen LogP contribution >= 0.6 is 15.9 Å². The summed E-state index contributed by atoms with van der Waals surface area (Å²) in [7, 11) is 1.86. The van der Waals surface area contributed by atoms with Crippen molar-refractivity contribution >= 4 is 21.9 Å². The highest BCUT2D eigenvalue weighted by atomic mass is 79.9. The summed E-state index contributed by atoms with van der Waals surface area (Å²) in [5.74, 6) is 0.933. The van der Waals surface area contributed by atoms with Gasteiger partial charge >= 0.3 is 0 Å². The van der Waals surface area contributed by atoms with Gasteiger partial charge < -0.3 is 15.5 Å².